The van der Waals surface area contributed by atoms with Gasteiger partial charge < -0.3 is 25.4 Å². The molecule has 4 N–H and O–H groups in total. The van der Waals surface area contributed by atoms with Crippen LogP contribution in [0.15, 0.2) is 18.2 Å². The molecule has 1 aromatic carbocycles. The van der Waals surface area contributed by atoms with E-state index in [1.165, 1.54) is 10.4 Å². The summed E-state index contributed by atoms with van der Waals surface area (Å²) in [5.74, 6) is 0.667. The number of quaternary nitrogens is 1. The Morgan fingerprint density at radius 2 is 2.19 bits per heavy atom. The fourth-order valence-electron chi connectivity index (χ4n) is 3.73. The van der Waals surface area contributed by atoms with E-state index in [-0.39, 0.29) is 11.7 Å². The van der Waals surface area contributed by atoms with Gasteiger partial charge in [0.25, 0.3) is 5.91 Å². The van der Waals surface area contributed by atoms with Crippen molar-refractivity contribution in [1.29, 1.82) is 0 Å². The van der Waals surface area contributed by atoms with Gasteiger partial charge in [0.1, 0.15) is 29.2 Å². The molecule has 26 heavy (non-hydrogen) atoms. The number of benzene rings is 1. The first-order chi connectivity index (χ1) is 12.6. The van der Waals surface area contributed by atoms with Crippen molar-refractivity contribution < 1.29 is 19.5 Å². The van der Waals surface area contributed by atoms with Crippen LogP contribution in [-0.2, 0) is 13.0 Å². The molecule has 0 fully saturated rings. The van der Waals surface area contributed by atoms with Gasteiger partial charge in [0.2, 0.25) is 0 Å². The van der Waals surface area contributed by atoms with Gasteiger partial charge in [-0.1, -0.05) is 0 Å². The summed E-state index contributed by atoms with van der Waals surface area (Å²) in [4.78, 5) is 15.6. The molecule has 0 aliphatic carbocycles. The van der Waals surface area contributed by atoms with E-state index in [2.05, 4.69) is 17.6 Å². The summed E-state index contributed by atoms with van der Waals surface area (Å²) in [6, 6.07) is 5.19. The zero-order chi connectivity index (χ0) is 18.3. The zero-order valence-electron chi connectivity index (χ0n) is 15.0. The van der Waals surface area contributed by atoms with E-state index >= 15 is 0 Å². The van der Waals surface area contributed by atoms with Gasteiger partial charge in [-0.15, -0.1) is 11.3 Å². The number of phenolic OH excluding ortho intramolecular Hbond substituents is 1. The van der Waals surface area contributed by atoms with Crippen LogP contribution in [-0.4, -0.2) is 30.7 Å². The van der Waals surface area contributed by atoms with Gasteiger partial charge in [0, 0.05) is 18.1 Å². The van der Waals surface area contributed by atoms with Crippen molar-refractivity contribution >= 4 is 22.2 Å². The van der Waals surface area contributed by atoms with Crippen molar-refractivity contribution in [3.8, 4) is 11.5 Å². The Kier molecular flexibility index (Phi) is 4.50. The lowest BCUT2D eigenvalue weighted by atomic mass is 10.00. The molecule has 4 rings (SSSR count). The quantitative estimate of drug-likeness (QED) is 0.657. The van der Waals surface area contributed by atoms with E-state index < -0.39 is 6.17 Å². The van der Waals surface area contributed by atoms with Gasteiger partial charge in [-0.05, 0) is 31.5 Å². The number of carbonyl (C=O) groups is 1. The predicted molar refractivity (Wildman–Crippen MR) is 101 cm³/mol. The smallest absolute Gasteiger partial charge is 0.256 e. The molecule has 0 spiro atoms. The molecule has 2 aliphatic heterocycles. The lowest BCUT2D eigenvalue weighted by Crippen LogP contribution is -3.11. The SMILES string of the molecule is CCOc1ccc([C@@H]2NC(=O)c3c(sc4c3CC[NH+](CC)C4)N2)c(O)c1. The normalized spacial score (nSPS) is 21.4. The number of hydrogen-bond donors (Lipinski definition) is 4. The van der Waals surface area contributed by atoms with Crippen LogP contribution < -0.4 is 20.3 Å². The van der Waals surface area contributed by atoms with Crippen LogP contribution in [0.5, 0.6) is 11.5 Å². The monoisotopic (exact) mass is 374 g/mol. The lowest BCUT2D eigenvalue weighted by Gasteiger charge is -2.27. The molecule has 0 radical (unpaired) electrons. The summed E-state index contributed by atoms with van der Waals surface area (Å²) in [7, 11) is 0. The summed E-state index contributed by atoms with van der Waals surface area (Å²) in [5, 5.41) is 17.7. The molecule has 7 heteroatoms. The Morgan fingerprint density at radius 3 is 2.92 bits per heavy atom. The lowest BCUT2D eigenvalue weighted by molar-refractivity contribution is -0.913. The molecular formula is C19H24N3O3S+. The van der Waals surface area contributed by atoms with Crippen LogP contribution in [0.2, 0.25) is 0 Å². The highest BCUT2D eigenvalue weighted by Crippen LogP contribution is 2.40. The van der Waals surface area contributed by atoms with Crippen LogP contribution in [0.1, 0.15) is 46.4 Å². The first-order valence-electron chi connectivity index (χ1n) is 9.11. The Morgan fingerprint density at radius 1 is 1.35 bits per heavy atom. The molecule has 138 valence electrons. The average molecular weight is 374 g/mol. The van der Waals surface area contributed by atoms with Crippen molar-refractivity contribution in [3.63, 3.8) is 0 Å². The maximum absolute atomic E-state index is 12.8. The third-order valence-corrected chi connectivity index (χ3v) is 6.29. The van der Waals surface area contributed by atoms with Gasteiger partial charge >= 0.3 is 0 Å². The maximum atomic E-state index is 12.8. The highest BCUT2D eigenvalue weighted by atomic mass is 32.1. The van der Waals surface area contributed by atoms with Crippen LogP contribution in [0.3, 0.4) is 0 Å². The van der Waals surface area contributed by atoms with Gasteiger partial charge in [-0.25, -0.2) is 0 Å². The van der Waals surface area contributed by atoms with E-state index in [1.54, 1.807) is 28.4 Å². The number of ether oxygens (including phenoxy) is 1. The van der Waals surface area contributed by atoms with E-state index in [0.717, 1.165) is 36.6 Å². The molecule has 2 atom stereocenters. The fourth-order valence-corrected chi connectivity index (χ4v) is 5.08. The molecule has 0 saturated heterocycles. The first-order valence-corrected chi connectivity index (χ1v) is 9.93. The third-order valence-electron chi connectivity index (χ3n) is 5.13. The minimum absolute atomic E-state index is 0.0607. The zero-order valence-corrected chi connectivity index (χ0v) is 15.8. The number of aromatic hydroxyl groups is 1. The second kappa shape index (κ2) is 6.81. The maximum Gasteiger partial charge on any atom is 0.256 e. The second-order valence-corrected chi connectivity index (χ2v) is 7.80. The molecule has 1 unspecified atom stereocenters. The van der Waals surface area contributed by atoms with Crippen LogP contribution in [0.4, 0.5) is 5.00 Å². The van der Waals surface area contributed by atoms with Gasteiger partial charge in [0.05, 0.1) is 30.1 Å². The third kappa shape index (κ3) is 2.91. The minimum Gasteiger partial charge on any atom is -0.507 e. The number of fused-ring (bicyclic) bond motifs is 3. The molecule has 1 aromatic heterocycles. The number of rotatable bonds is 4. The van der Waals surface area contributed by atoms with Crippen LogP contribution >= 0.6 is 11.3 Å². The van der Waals surface area contributed by atoms with E-state index in [1.807, 2.05) is 13.0 Å². The van der Waals surface area contributed by atoms with Crippen LogP contribution in [0, 0.1) is 0 Å². The van der Waals surface area contributed by atoms with E-state index in [9.17, 15) is 9.90 Å². The van der Waals surface area contributed by atoms with Crippen molar-refractivity contribution in [3.05, 3.63) is 39.8 Å². The van der Waals surface area contributed by atoms with Gasteiger partial charge in [0.15, 0.2) is 0 Å². The Balaban J connectivity index is 1.63. The number of amides is 1. The largest absolute Gasteiger partial charge is 0.507 e. The van der Waals surface area contributed by atoms with Crippen LogP contribution in [0.25, 0.3) is 0 Å². The number of carbonyl (C=O) groups excluding carboxylic acids is 1. The molecular weight excluding hydrogens is 350 g/mol. The van der Waals surface area contributed by atoms with Gasteiger partial charge in [-0.2, -0.15) is 0 Å². The standard InChI is InChI=1S/C19H23N3O3S/c1-3-22-8-7-13-15(10-22)26-19-16(13)18(24)20-17(21-19)12-6-5-11(25-4-2)9-14(12)23/h5-6,9,17,21,23H,3-4,7-8,10H2,1-2H3,(H,20,24)/p+1/t17-/m1/s1. The Hall–Kier alpha value is -2.25. The van der Waals surface area contributed by atoms with Crippen molar-refractivity contribution in [2.24, 2.45) is 0 Å². The van der Waals surface area contributed by atoms with E-state index in [4.69, 9.17) is 4.74 Å². The molecule has 2 aromatic rings. The molecule has 1 amide bonds. The Labute approximate surface area is 156 Å². The number of hydrogen-bond acceptors (Lipinski definition) is 5. The number of phenols is 1. The highest BCUT2D eigenvalue weighted by Gasteiger charge is 2.34. The van der Waals surface area contributed by atoms with Crippen molar-refractivity contribution in [2.75, 3.05) is 25.0 Å². The summed E-state index contributed by atoms with van der Waals surface area (Å²) < 4.78 is 5.41. The molecule has 6 nitrogen and oxygen atoms in total. The molecule has 3 heterocycles. The molecule has 0 bridgehead atoms. The van der Waals surface area contributed by atoms with Gasteiger partial charge in [-0.3, -0.25) is 4.79 Å². The number of likely N-dealkylation sites (N-methyl/N-ethyl adjacent to an activating group) is 1. The fraction of sp³-hybridized carbons (Fsp3) is 0.421. The highest BCUT2D eigenvalue weighted by molar-refractivity contribution is 7.16. The molecule has 2 aliphatic rings. The van der Waals surface area contributed by atoms with E-state index in [0.29, 0.717) is 17.9 Å². The number of thiophene rings is 1. The predicted octanol–water partition coefficient (Wildman–Crippen LogP) is 1.67. The molecule has 0 saturated carbocycles. The summed E-state index contributed by atoms with van der Waals surface area (Å²) >= 11 is 1.68. The number of nitrogens with one attached hydrogen (secondary N) is 3. The second-order valence-electron chi connectivity index (χ2n) is 6.69. The minimum atomic E-state index is -0.444. The average Bonchev–Trinajstić information content (AvgIpc) is 2.99. The van der Waals surface area contributed by atoms with Crippen molar-refractivity contribution in [2.45, 2.75) is 33.0 Å². The van der Waals surface area contributed by atoms with Crippen molar-refractivity contribution in [1.82, 2.24) is 5.32 Å². The summed E-state index contributed by atoms with van der Waals surface area (Å²) in [6.45, 7) is 7.79. The summed E-state index contributed by atoms with van der Waals surface area (Å²) in [6.07, 6.45) is 0.499. The summed E-state index contributed by atoms with van der Waals surface area (Å²) in [5.41, 5.74) is 2.63. The Bertz CT molecular complexity index is 849. The number of anilines is 1. The first kappa shape index (κ1) is 17.2. The topological polar surface area (TPSA) is 75.0 Å².